The molecule has 0 aliphatic heterocycles. The molecule has 0 heterocycles. The van der Waals surface area contributed by atoms with E-state index < -0.39 is 5.41 Å². The number of Topliss-reactive ketones (excluding diaryl/α,β-unsaturated/α-hetero) is 1. The highest BCUT2D eigenvalue weighted by molar-refractivity contribution is 5.92. The molecule has 0 amide bonds. The summed E-state index contributed by atoms with van der Waals surface area (Å²) in [6, 6.07) is 0. The molecule has 1 rings (SSSR count). The average molecular weight is 194 g/mol. The summed E-state index contributed by atoms with van der Waals surface area (Å²) >= 11 is 0. The minimum Gasteiger partial charge on any atom is -0.298 e. The number of rotatable bonds is 2. The Kier molecular flexibility index (Phi) is 3.25. The highest BCUT2D eigenvalue weighted by atomic mass is 16.1. The maximum Gasteiger partial charge on any atom is 0.152 e. The minimum atomic E-state index is -0.399. The van der Waals surface area contributed by atoms with E-state index in [1.165, 1.54) is 13.0 Å². The molecular formula is C12H18O2. The average Bonchev–Trinajstić information content (AvgIpc) is 2.11. The van der Waals surface area contributed by atoms with E-state index in [1.807, 2.05) is 13.8 Å². The molecule has 2 atom stereocenters. The van der Waals surface area contributed by atoms with Crippen LogP contribution in [0, 0.1) is 11.3 Å². The molecule has 2 heteroatoms. The van der Waals surface area contributed by atoms with Crippen LogP contribution in [0.5, 0.6) is 0 Å². The topological polar surface area (TPSA) is 34.1 Å². The molecule has 1 aliphatic rings. The molecule has 0 radical (unpaired) electrons. The molecule has 0 unspecified atom stereocenters. The van der Waals surface area contributed by atoms with Crippen molar-refractivity contribution in [2.45, 2.75) is 40.0 Å². The van der Waals surface area contributed by atoms with Gasteiger partial charge < -0.3 is 0 Å². The molecule has 0 N–H and O–H groups in total. The highest BCUT2D eigenvalue weighted by Gasteiger charge is 2.36. The second-order valence-electron chi connectivity index (χ2n) is 4.52. The monoisotopic (exact) mass is 194 g/mol. The van der Waals surface area contributed by atoms with Gasteiger partial charge in [-0.05, 0) is 32.8 Å². The zero-order chi connectivity index (χ0) is 10.8. The number of carbonyl (C=O) groups is 2. The van der Waals surface area contributed by atoms with Crippen LogP contribution in [0.4, 0.5) is 0 Å². The van der Waals surface area contributed by atoms with Crippen molar-refractivity contribution < 1.29 is 9.59 Å². The van der Waals surface area contributed by atoms with Gasteiger partial charge >= 0.3 is 0 Å². The molecule has 0 aromatic carbocycles. The maximum atomic E-state index is 11.9. The number of carbonyl (C=O) groups excluding carboxylic acids is 2. The Balaban J connectivity index is 2.81. The van der Waals surface area contributed by atoms with Crippen molar-refractivity contribution in [3.8, 4) is 0 Å². The van der Waals surface area contributed by atoms with Crippen LogP contribution in [-0.2, 0) is 9.59 Å². The number of hydrogen-bond acceptors (Lipinski definition) is 2. The Morgan fingerprint density at radius 1 is 1.57 bits per heavy atom. The third-order valence-electron chi connectivity index (χ3n) is 3.03. The van der Waals surface area contributed by atoms with E-state index >= 15 is 0 Å². The first-order valence-electron chi connectivity index (χ1n) is 5.20. The van der Waals surface area contributed by atoms with Crippen molar-refractivity contribution in [1.82, 2.24) is 0 Å². The summed E-state index contributed by atoms with van der Waals surface area (Å²) in [6.45, 7) is 5.42. The van der Waals surface area contributed by atoms with Crippen LogP contribution in [0.3, 0.4) is 0 Å². The zero-order valence-corrected chi connectivity index (χ0v) is 9.17. The zero-order valence-electron chi connectivity index (χ0n) is 9.17. The van der Waals surface area contributed by atoms with Crippen molar-refractivity contribution in [3.05, 3.63) is 12.2 Å². The first kappa shape index (κ1) is 11.2. The summed E-state index contributed by atoms with van der Waals surface area (Å²) in [5.41, 5.74) is -0.399. The van der Waals surface area contributed by atoms with Crippen LogP contribution < -0.4 is 0 Å². The van der Waals surface area contributed by atoms with Gasteiger partial charge in [-0.15, -0.1) is 0 Å². The first-order valence-corrected chi connectivity index (χ1v) is 5.20. The van der Waals surface area contributed by atoms with Crippen molar-refractivity contribution in [3.63, 3.8) is 0 Å². The summed E-state index contributed by atoms with van der Waals surface area (Å²) in [7, 11) is 0. The van der Waals surface area contributed by atoms with Crippen molar-refractivity contribution in [1.29, 1.82) is 0 Å². The fraction of sp³-hybridized carbons (Fsp3) is 0.667. The second-order valence-corrected chi connectivity index (χ2v) is 4.52. The Morgan fingerprint density at radius 3 is 2.79 bits per heavy atom. The van der Waals surface area contributed by atoms with Gasteiger partial charge in [-0.2, -0.15) is 0 Å². The van der Waals surface area contributed by atoms with Gasteiger partial charge in [0.15, 0.2) is 5.78 Å². The molecule has 1 fully saturated rings. The van der Waals surface area contributed by atoms with Gasteiger partial charge in [-0.1, -0.05) is 19.4 Å². The predicted octanol–water partition coefficient (Wildman–Crippen LogP) is 2.53. The fourth-order valence-electron chi connectivity index (χ4n) is 2.06. The summed E-state index contributed by atoms with van der Waals surface area (Å²) in [5.74, 6) is 0.434. The van der Waals surface area contributed by atoms with E-state index in [1.54, 1.807) is 6.08 Å². The predicted molar refractivity (Wildman–Crippen MR) is 56.0 cm³/mol. The third kappa shape index (κ3) is 2.31. The number of allylic oxidation sites excluding steroid dienone is 2. The summed E-state index contributed by atoms with van der Waals surface area (Å²) in [5, 5.41) is 0. The lowest BCUT2D eigenvalue weighted by Crippen LogP contribution is -2.34. The normalized spacial score (nSPS) is 33.6. The molecule has 0 spiro atoms. The van der Waals surface area contributed by atoms with E-state index in [-0.39, 0.29) is 17.5 Å². The van der Waals surface area contributed by atoms with Crippen LogP contribution in [0.25, 0.3) is 0 Å². The SMILES string of the molecule is CC(=O)/C=C\[C@]1(C)CCC[C@H](C)C1=O. The first-order chi connectivity index (χ1) is 6.46. The molecule has 0 aromatic rings. The van der Waals surface area contributed by atoms with E-state index in [9.17, 15) is 9.59 Å². The van der Waals surface area contributed by atoms with Crippen LogP contribution in [0.1, 0.15) is 40.0 Å². The van der Waals surface area contributed by atoms with Crippen LogP contribution >= 0.6 is 0 Å². The molecule has 0 bridgehead atoms. The summed E-state index contributed by atoms with van der Waals surface area (Å²) < 4.78 is 0. The van der Waals surface area contributed by atoms with Gasteiger partial charge in [0.1, 0.15) is 5.78 Å². The maximum absolute atomic E-state index is 11.9. The van der Waals surface area contributed by atoms with Crippen LogP contribution in [-0.4, -0.2) is 11.6 Å². The quantitative estimate of drug-likeness (QED) is 0.633. The largest absolute Gasteiger partial charge is 0.298 e. The molecule has 0 saturated heterocycles. The fourth-order valence-corrected chi connectivity index (χ4v) is 2.06. The number of ketones is 2. The van der Waals surface area contributed by atoms with E-state index in [0.29, 0.717) is 0 Å². The van der Waals surface area contributed by atoms with Gasteiger partial charge in [-0.3, -0.25) is 9.59 Å². The van der Waals surface area contributed by atoms with Gasteiger partial charge in [0.2, 0.25) is 0 Å². The lowest BCUT2D eigenvalue weighted by atomic mass is 9.70. The Labute approximate surface area is 85.4 Å². The molecule has 1 aliphatic carbocycles. The van der Waals surface area contributed by atoms with Gasteiger partial charge in [0.25, 0.3) is 0 Å². The lowest BCUT2D eigenvalue weighted by Gasteiger charge is -2.32. The van der Waals surface area contributed by atoms with Crippen molar-refractivity contribution >= 4 is 11.6 Å². The van der Waals surface area contributed by atoms with Gasteiger partial charge in [0.05, 0.1) is 0 Å². The Hall–Kier alpha value is -0.920. The van der Waals surface area contributed by atoms with Crippen molar-refractivity contribution in [2.75, 3.05) is 0 Å². The van der Waals surface area contributed by atoms with E-state index in [0.717, 1.165) is 19.3 Å². The van der Waals surface area contributed by atoms with E-state index in [2.05, 4.69) is 0 Å². The lowest BCUT2D eigenvalue weighted by molar-refractivity contribution is -0.131. The second kappa shape index (κ2) is 4.07. The molecule has 1 saturated carbocycles. The molecule has 78 valence electrons. The molecular weight excluding hydrogens is 176 g/mol. The standard InChI is InChI=1S/C12H18O2/c1-9-5-4-7-12(3,11(9)14)8-6-10(2)13/h6,8-9H,4-5,7H2,1-3H3/b8-6-/t9-,12-/m0/s1. The minimum absolute atomic E-state index is 0.0113. The Morgan fingerprint density at radius 2 is 2.21 bits per heavy atom. The van der Waals surface area contributed by atoms with Crippen LogP contribution in [0.15, 0.2) is 12.2 Å². The highest BCUT2D eigenvalue weighted by Crippen LogP contribution is 2.36. The van der Waals surface area contributed by atoms with Gasteiger partial charge in [0, 0.05) is 11.3 Å². The third-order valence-corrected chi connectivity index (χ3v) is 3.03. The van der Waals surface area contributed by atoms with E-state index in [4.69, 9.17) is 0 Å². The van der Waals surface area contributed by atoms with Gasteiger partial charge in [-0.25, -0.2) is 0 Å². The van der Waals surface area contributed by atoms with Crippen molar-refractivity contribution in [2.24, 2.45) is 11.3 Å². The molecule has 14 heavy (non-hydrogen) atoms. The summed E-state index contributed by atoms with van der Waals surface area (Å²) in [6.07, 6.45) is 6.25. The summed E-state index contributed by atoms with van der Waals surface area (Å²) in [4.78, 5) is 22.7. The van der Waals surface area contributed by atoms with Crippen LogP contribution in [0.2, 0.25) is 0 Å². The molecule has 2 nitrogen and oxygen atoms in total. The Bertz CT molecular complexity index is 278. The molecule has 0 aromatic heterocycles. The number of hydrogen-bond donors (Lipinski definition) is 0. The smallest absolute Gasteiger partial charge is 0.152 e.